The van der Waals surface area contributed by atoms with Gasteiger partial charge >= 0.3 is 0 Å². The molecule has 2 heterocycles. The molecule has 0 radical (unpaired) electrons. The summed E-state index contributed by atoms with van der Waals surface area (Å²) < 4.78 is 2.06. The summed E-state index contributed by atoms with van der Waals surface area (Å²) in [5, 5.41) is 16.3. The fraction of sp³-hybridized carbons (Fsp3) is 0.692. The lowest BCUT2D eigenvalue weighted by molar-refractivity contribution is 0.193. The summed E-state index contributed by atoms with van der Waals surface area (Å²) in [7, 11) is 0. The van der Waals surface area contributed by atoms with Crippen LogP contribution in [0.25, 0.3) is 0 Å². The van der Waals surface area contributed by atoms with E-state index in [0.717, 1.165) is 44.7 Å². The van der Waals surface area contributed by atoms with Gasteiger partial charge in [0, 0.05) is 19.0 Å². The molecule has 1 fully saturated rings. The molecule has 0 saturated carbocycles. The van der Waals surface area contributed by atoms with Crippen LogP contribution in [0.4, 0.5) is 0 Å². The number of oxime groups is 1. The molecule has 3 N–H and O–H groups in total. The molecule has 0 aliphatic carbocycles. The number of hydrogen-bond donors (Lipinski definition) is 2. The number of nitrogens with zero attached hydrogens (tertiary/aromatic N) is 4. The van der Waals surface area contributed by atoms with Crippen LogP contribution >= 0.6 is 0 Å². The maximum Gasteiger partial charge on any atom is 0.142 e. The van der Waals surface area contributed by atoms with Crippen molar-refractivity contribution in [2.24, 2.45) is 16.8 Å². The van der Waals surface area contributed by atoms with Gasteiger partial charge in [0.1, 0.15) is 5.84 Å². The van der Waals surface area contributed by atoms with Gasteiger partial charge in [-0.1, -0.05) is 5.16 Å². The minimum atomic E-state index is 0.221. The van der Waals surface area contributed by atoms with E-state index < -0.39 is 0 Å². The number of amidine groups is 1. The lowest BCUT2D eigenvalue weighted by Crippen LogP contribution is -2.38. The molecule has 0 aromatic carbocycles. The number of piperidine rings is 1. The van der Waals surface area contributed by atoms with Crippen molar-refractivity contribution in [2.75, 3.05) is 13.1 Å². The van der Waals surface area contributed by atoms with Crippen molar-refractivity contribution in [1.82, 2.24) is 14.7 Å². The SMILES string of the molecule is CCn1nc(C)cc1CN1CCC(C(N)=NO)CC1. The van der Waals surface area contributed by atoms with Crippen LogP contribution in [0.15, 0.2) is 11.2 Å². The van der Waals surface area contributed by atoms with Crippen LogP contribution in [0.5, 0.6) is 0 Å². The van der Waals surface area contributed by atoms with Crippen molar-refractivity contribution in [3.8, 4) is 0 Å². The van der Waals surface area contributed by atoms with Crippen LogP contribution in [0.3, 0.4) is 0 Å². The first-order valence-electron chi connectivity index (χ1n) is 6.87. The number of hydrogen-bond acceptors (Lipinski definition) is 4. The summed E-state index contributed by atoms with van der Waals surface area (Å²) in [6.07, 6.45) is 1.91. The third kappa shape index (κ3) is 3.26. The lowest BCUT2D eigenvalue weighted by atomic mass is 9.96. The summed E-state index contributed by atoms with van der Waals surface area (Å²) in [5.41, 5.74) is 8.00. The standard InChI is InChI=1S/C13H23N5O/c1-3-18-12(8-10(2)15-18)9-17-6-4-11(5-7-17)13(14)16-19/h8,11,19H,3-7,9H2,1-2H3,(H2,14,16). The highest BCUT2D eigenvalue weighted by molar-refractivity contribution is 5.82. The summed E-state index contributed by atoms with van der Waals surface area (Å²) in [4.78, 5) is 2.41. The van der Waals surface area contributed by atoms with Crippen LogP contribution in [0.2, 0.25) is 0 Å². The average Bonchev–Trinajstić information content (AvgIpc) is 2.78. The van der Waals surface area contributed by atoms with Crippen LogP contribution in [0.1, 0.15) is 31.2 Å². The first kappa shape index (κ1) is 13.9. The Labute approximate surface area is 113 Å². The number of likely N-dealkylation sites (tertiary alicyclic amines) is 1. The molecule has 1 aliphatic heterocycles. The Morgan fingerprint density at radius 1 is 1.53 bits per heavy atom. The maximum absolute atomic E-state index is 8.70. The molecule has 0 spiro atoms. The predicted octanol–water partition coefficient (Wildman–Crippen LogP) is 1.17. The normalized spacial score (nSPS) is 18.9. The van der Waals surface area contributed by atoms with Gasteiger partial charge in [-0.2, -0.15) is 5.10 Å². The van der Waals surface area contributed by atoms with Crippen LogP contribution in [-0.2, 0) is 13.1 Å². The zero-order valence-corrected chi connectivity index (χ0v) is 11.7. The van der Waals surface area contributed by atoms with Gasteiger partial charge in [0.25, 0.3) is 0 Å². The minimum Gasteiger partial charge on any atom is -0.409 e. The van der Waals surface area contributed by atoms with E-state index in [2.05, 4.69) is 32.8 Å². The van der Waals surface area contributed by atoms with E-state index in [1.165, 1.54) is 5.69 Å². The van der Waals surface area contributed by atoms with Crippen molar-refractivity contribution in [1.29, 1.82) is 0 Å². The van der Waals surface area contributed by atoms with Gasteiger partial charge in [0.15, 0.2) is 0 Å². The Balaban J connectivity index is 1.92. The Morgan fingerprint density at radius 2 is 2.21 bits per heavy atom. The monoisotopic (exact) mass is 265 g/mol. The minimum absolute atomic E-state index is 0.221. The highest BCUT2D eigenvalue weighted by Crippen LogP contribution is 2.19. The van der Waals surface area contributed by atoms with Crippen molar-refractivity contribution in [2.45, 2.75) is 39.8 Å². The fourth-order valence-corrected chi connectivity index (χ4v) is 2.70. The summed E-state index contributed by atoms with van der Waals surface area (Å²) in [6, 6.07) is 2.15. The quantitative estimate of drug-likeness (QED) is 0.371. The second kappa shape index (κ2) is 6.06. The van der Waals surface area contributed by atoms with Gasteiger partial charge in [-0.3, -0.25) is 9.58 Å². The third-order valence-electron chi connectivity index (χ3n) is 3.79. The molecular formula is C13H23N5O. The molecular weight excluding hydrogens is 242 g/mol. The maximum atomic E-state index is 8.70. The molecule has 6 heteroatoms. The molecule has 1 aliphatic rings. The summed E-state index contributed by atoms with van der Waals surface area (Å²) >= 11 is 0. The van der Waals surface area contributed by atoms with Crippen molar-refractivity contribution in [3.05, 3.63) is 17.5 Å². The van der Waals surface area contributed by atoms with Crippen molar-refractivity contribution < 1.29 is 5.21 Å². The molecule has 0 unspecified atom stereocenters. The first-order chi connectivity index (χ1) is 9.13. The fourth-order valence-electron chi connectivity index (χ4n) is 2.70. The zero-order valence-electron chi connectivity index (χ0n) is 11.7. The molecule has 0 amide bonds. The highest BCUT2D eigenvalue weighted by Gasteiger charge is 2.23. The van der Waals surface area contributed by atoms with Crippen molar-refractivity contribution >= 4 is 5.84 Å². The summed E-state index contributed by atoms with van der Waals surface area (Å²) in [6.45, 7) is 7.94. The number of rotatable bonds is 4. The molecule has 1 aromatic heterocycles. The largest absolute Gasteiger partial charge is 0.409 e. The van der Waals surface area contributed by atoms with Crippen LogP contribution in [-0.4, -0.2) is 38.8 Å². The molecule has 0 atom stereocenters. The van der Waals surface area contributed by atoms with Gasteiger partial charge in [0.05, 0.1) is 11.4 Å². The second-order valence-corrected chi connectivity index (χ2v) is 5.17. The van der Waals surface area contributed by atoms with E-state index in [4.69, 9.17) is 10.9 Å². The first-order valence-corrected chi connectivity index (χ1v) is 6.87. The van der Waals surface area contributed by atoms with Crippen LogP contribution in [0, 0.1) is 12.8 Å². The van der Waals surface area contributed by atoms with Crippen molar-refractivity contribution in [3.63, 3.8) is 0 Å². The third-order valence-corrected chi connectivity index (χ3v) is 3.79. The Kier molecular flexibility index (Phi) is 4.42. The zero-order chi connectivity index (χ0) is 13.8. The van der Waals surface area contributed by atoms with E-state index in [0.29, 0.717) is 5.84 Å². The molecule has 2 rings (SSSR count). The second-order valence-electron chi connectivity index (χ2n) is 5.17. The molecule has 19 heavy (non-hydrogen) atoms. The van der Waals surface area contributed by atoms with Gasteiger partial charge in [-0.05, 0) is 45.8 Å². The molecule has 106 valence electrons. The molecule has 1 saturated heterocycles. The van der Waals surface area contributed by atoms with Gasteiger partial charge < -0.3 is 10.9 Å². The number of nitrogens with two attached hydrogens (primary N) is 1. The topological polar surface area (TPSA) is 79.7 Å². The van der Waals surface area contributed by atoms with Gasteiger partial charge in [-0.25, -0.2) is 0 Å². The van der Waals surface area contributed by atoms with Gasteiger partial charge in [0.2, 0.25) is 0 Å². The molecule has 0 bridgehead atoms. The Hall–Kier alpha value is -1.56. The number of aromatic nitrogens is 2. The van der Waals surface area contributed by atoms with E-state index in [1.807, 2.05) is 6.92 Å². The lowest BCUT2D eigenvalue weighted by Gasteiger charge is -2.31. The highest BCUT2D eigenvalue weighted by atomic mass is 16.4. The van der Waals surface area contributed by atoms with E-state index >= 15 is 0 Å². The molecule has 1 aromatic rings. The molecule has 6 nitrogen and oxygen atoms in total. The van der Waals surface area contributed by atoms with E-state index in [9.17, 15) is 0 Å². The Morgan fingerprint density at radius 3 is 2.79 bits per heavy atom. The van der Waals surface area contributed by atoms with Crippen LogP contribution < -0.4 is 5.73 Å². The van der Waals surface area contributed by atoms with E-state index in [1.54, 1.807) is 0 Å². The number of aryl methyl sites for hydroxylation is 2. The van der Waals surface area contributed by atoms with E-state index in [-0.39, 0.29) is 5.92 Å². The predicted molar refractivity (Wildman–Crippen MR) is 74.0 cm³/mol. The smallest absolute Gasteiger partial charge is 0.142 e. The summed E-state index contributed by atoms with van der Waals surface area (Å²) in [5.74, 6) is 0.591. The average molecular weight is 265 g/mol. The Bertz CT molecular complexity index is 446. The van der Waals surface area contributed by atoms with Gasteiger partial charge in [-0.15, -0.1) is 0 Å².